The van der Waals surface area contributed by atoms with Crippen molar-refractivity contribution in [3.8, 4) is 0 Å². The fourth-order valence-corrected chi connectivity index (χ4v) is 3.85. The van der Waals surface area contributed by atoms with Gasteiger partial charge in [-0.3, -0.25) is 14.2 Å². The molecular formula is C19H15Cl2N5OS. The van der Waals surface area contributed by atoms with Crippen molar-refractivity contribution in [1.82, 2.24) is 19.6 Å². The van der Waals surface area contributed by atoms with E-state index >= 15 is 0 Å². The number of aromatic nitrogens is 4. The molecule has 142 valence electrons. The lowest BCUT2D eigenvalue weighted by Gasteiger charge is -2.07. The van der Waals surface area contributed by atoms with Crippen LogP contribution in [0.1, 0.15) is 20.8 Å². The number of hydrogen-bond acceptors (Lipinski definition) is 4. The molecule has 9 heteroatoms. The van der Waals surface area contributed by atoms with Gasteiger partial charge in [0.25, 0.3) is 5.91 Å². The van der Waals surface area contributed by atoms with Crippen molar-refractivity contribution in [3.05, 3.63) is 86.5 Å². The number of carbonyl (C=O) groups is 1. The lowest BCUT2D eigenvalue weighted by atomic mass is 10.2. The quantitative estimate of drug-likeness (QED) is 0.476. The second-order valence-electron chi connectivity index (χ2n) is 6.19. The molecule has 0 fully saturated rings. The summed E-state index contributed by atoms with van der Waals surface area (Å²) in [6, 6.07) is 9.53. The first-order valence-corrected chi connectivity index (χ1v) is 10.0. The summed E-state index contributed by atoms with van der Waals surface area (Å²) in [4.78, 5) is 13.2. The summed E-state index contributed by atoms with van der Waals surface area (Å²) < 4.78 is 3.48. The summed E-state index contributed by atoms with van der Waals surface area (Å²) in [6.07, 6.45) is 6.69. The first kappa shape index (κ1) is 18.7. The standard InChI is InChI=1S/C19H15Cl2N5OS/c20-15-6-22-25(10-15)8-13-2-1-3-17(4-13)24-19(27)18-5-14(12-28-18)9-26-11-16(21)7-23-26/h1-7,10-12H,8-9H2,(H,24,27). The highest BCUT2D eigenvalue weighted by Gasteiger charge is 2.11. The number of amides is 1. The Morgan fingerprint density at radius 2 is 1.68 bits per heavy atom. The number of thiophene rings is 1. The normalized spacial score (nSPS) is 10.9. The maximum Gasteiger partial charge on any atom is 0.265 e. The molecule has 3 aromatic heterocycles. The molecule has 0 atom stereocenters. The van der Waals surface area contributed by atoms with Crippen LogP contribution in [-0.2, 0) is 13.1 Å². The van der Waals surface area contributed by atoms with Gasteiger partial charge >= 0.3 is 0 Å². The smallest absolute Gasteiger partial charge is 0.265 e. The van der Waals surface area contributed by atoms with E-state index in [2.05, 4.69) is 15.5 Å². The summed E-state index contributed by atoms with van der Waals surface area (Å²) in [5, 5.41) is 14.4. The Balaban J connectivity index is 1.41. The van der Waals surface area contributed by atoms with Crippen molar-refractivity contribution in [2.45, 2.75) is 13.1 Å². The van der Waals surface area contributed by atoms with E-state index in [1.54, 1.807) is 34.2 Å². The number of rotatable bonds is 6. The average Bonchev–Trinajstić information content (AvgIpc) is 3.38. The van der Waals surface area contributed by atoms with E-state index in [1.807, 2.05) is 35.7 Å². The molecule has 4 rings (SSSR count). The predicted octanol–water partition coefficient (Wildman–Crippen LogP) is 4.80. The Kier molecular flexibility index (Phi) is 5.47. The summed E-state index contributed by atoms with van der Waals surface area (Å²) in [6.45, 7) is 1.14. The van der Waals surface area contributed by atoms with Crippen LogP contribution in [0.2, 0.25) is 10.0 Å². The van der Waals surface area contributed by atoms with Gasteiger partial charge in [-0.2, -0.15) is 10.2 Å². The highest BCUT2D eigenvalue weighted by molar-refractivity contribution is 7.12. The number of nitrogens with one attached hydrogen (secondary N) is 1. The van der Waals surface area contributed by atoms with Gasteiger partial charge in [-0.15, -0.1) is 11.3 Å². The number of anilines is 1. The lowest BCUT2D eigenvalue weighted by Crippen LogP contribution is -2.10. The molecule has 6 nitrogen and oxygen atoms in total. The number of benzene rings is 1. The van der Waals surface area contributed by atoms with Crippen LogP contribution in [0.3, 0.4) is 0 Å². The van der Waals surface area contributed by atoms with Gasteiger partial charge in [-0.25, -0.2) is 0 Å². The maximum atomic E-state index is 12.6. The van der Waals surface area contributed by atoms with Crippen molar-refractivity contribution >= 4 is 46.1 Å². The minimum Gasteiger partial charge on any atom is -0.321 e. The summed E-state index contributed by atoms with van der Waals surface area (Å²) >= 11 is 13.2. The van der Waals surface area contributed by atoms with E-state index in [9.17, 15) is 4.79 Å². The molecular weight excluding hydrogens is 417 g/mol. The van der Waals surface area contributed by atoms with Crippen molar-refractivity contribution in [2.75, 3.05) is 5.32 Å². The molecule has 0 spiro atoms. The molecule has 0 unspecified atom stereocenters. The van der Waals surface area contributed by atoms with Crippen LogP contribution in [0, 0.1) is 0 Å². The summed E-state index contributed by atoms with van der Waals surface area (Å²) in [5.41, 5.74) is 2.74. The van der Waals surface area contributed by atoms with Crippen molar-refractivity contribution in [3.63, 3.8) is 0 Å². The monoisotopic (exact) mass is 431 g/mol. The van der Waals surface area contributed by atoms with Gasteiger partial charge in [-0.1, -0.05) is 35.3 Å². The van der Waals surface area contributed by atoms with Crippen LogP contribution in [0.4, 0.5) is 5.69 Å². The predicted molar refractivity (Wildman–Crippen MR) is 111 cm³/mol. The van der Waals surface area contributed by atoms with E-state index in [-0.39, 0.29) is 5.91 Å². The largest absolute Gasteiger partial charge is 0.321 e. The van der Waals surface area contributed by atoms with Crippen LogP contribution < -0.4 is 5.32 Å². The third kappa shape index (κ3) is 4.62. The van der Waals surface area contributed by atoms with Crippen LogP contribution in [0.25, 0.3) is 0 Å². The minimum atomic E-state index is -0.144. The summed E-state index contributed by atoms with van der Waals surface area (Å²) in [7, 11) is 0. The van der Waals surface area contributed by atoms with Crippen LogP contribution in [0.5, 0.6) is 0 Å². The zero-order chi connectivity index (χ0) is 19.5. The molecule has 0 bridgehead atoms. The Hall–Kier alpha value is -2.61. The van der Waals surface area contributed by atoms with E-state index in [0.29, 0.717) is 28.0 Å². The minimum absolute atomic E-state index is 0.144. The molecule has 0 saturated heterocycles. The van der Waals surface area contributed by atoms with E-state index in [0.717, 1.165) is 16.8 Å². The van der Waals surface area contributed by atoms with E-state index in [4.69, 9.17) is 23.2 Å². The highest BCUT2D eigenvalue weighted by Crippen LogP contribution is 2.19. The van der Waals surface area contributed by atoms with E-state index < -0.39 is 0 Å². The van der Waals surface area contributed by atoms with Gasteiger partial charge in [0.15, 0.2) is 0 Å². The average molecular weight is 432 g/mol. The molecule has 0 aliphatic heterocycles. The molecule has 4 aromatic rings. The third-order valence-electron chi connectivity index (χ3n) is 3.96. The molecule has 1 N–H and O–H groups in total. The molecule has 1 amide bonds. The first-order valence-electron chi connectivity index (χ1n) is 8.39. The third-order valence-corrected chi connectivity index (χ3v) is 5.32. The highest BCUT2D eigenvalue weighted by atomic mass is 35.5. The zero-order valence-electron chi connectivity index (χ0n) is 14.5. The van der Waals surface area contributed by atoms with Gasteiger partial charge in [0.2, 0.25) is 0 Å². The van der Waals surface area contributed by atoms with Gasteiger partial charge in [-0.05, 0) is 34.7 Å². The van der Waals surface area contributed by atoms with Crippen LogP contribution in [-0.4, -0.2) is 25.5 Å². The molecule has 0 radical (unpaired) electrons. The van der Waals surface area contributed by atoms with Gasteiger partial charge < -0.3 is 5.32 Å². The van der Waals surface area contributed by atoms with Gasteiger partial charge in [0, 0.05) is 18.1 Å². The van der Waals surface area contributed by atoms with Crippen molar-refractivity contribution < 1.29 is 4.79 Å². The summed E-state index contributed by atoms with van der Waals surface area (Å²) in [5.74, 6) is -0.144. The second kappa shape index (κ2) is 8.18. The zero-order valence-corrected chi connectivity index (χ0v) is 16.9. The van der Waals surface area contributed by atoms with Crippen molar-refractivity contribution in [1.29, 1.82) is 0 Å². The number of nitrogens with zero attached hydrogens (tertiary/aromatic N) is 4. The Bertz CT molecular complexity index is 1120. The van der Waals surface area contributed by atoms with Crippen LogP contribution >= 0.6 is 34.5 Å². The SMILES string of the molecule is O=C(Nc1cccc(Cn2cc(Cl)cn2)c1)c1cc(Cn2cc(Cl)cn2)cs1. The topological polar surface area (TPSA) is 64.7 Å². The second-order valence-corrected chi connectivity index (χ2v) is 7.97. The molecule has 3 heterocycles. The molecule has 1 aromatic carbocycles. The van der Waals surface area contributed by atoms with Gasteiger partial charge in [0.05, 0.1) is 40.4 Å². The number of halogens is 2. The Morgan fingerprint density at radius 3 is 2.32 bits per heavy atom. The lowest BCUT2D eigenvalue weighted by molar-refractivity contribution is 0.103. The van der Waals surface area contributed by atoms with E-state index in [1.165, 1.54) is 11.3 Å². The Labute approximate surface area is 175 Å². The Morgan fingerprint density at radius 1 is 1.00 bits per heavy atom. The maximum absolute atomic E-state index is 12.6. The molecule has 0 aliphatic carbocycles. The molecule has 28 heavy (non-hydrogen) atoms. The first-order chi connectivity index (χ1) is 13.5. The number of hydrogen-bond donors (Lipinski definition) is 1. The van der Waals surface area contributed by atoms with Crippen LogP contribution in [0.15, 0.2) is 60.5 Å². The number of carbonyl (C=O) groups excluding carboxylic acids is 1. The molecule has 0 saturated carbocycles. The van der Waals surface area contributed by atoms with Crippen molar-refractivity contribution in [2.24, 2.45) is 0 Å². The fourth-order valence-electron chi connectivity index (χ4n) is 2.74. The van der Waals surface area contributed by atoms with Gasteiger partial charge in [0.1, 0.15) is 0 Å². The molecule has 0 aliphatic rings. The fraction of sp³-hybridized carbons (Fsp3) is 0.105.